The number of nitrogens with two attached hydrogens (primary N) is 5. The molecule has 0 aromatic carbocycles. The Morgan fingerprint density at radius 2 is 1.18 bits per heavy atom. The minimum atomic E-state index is -1.71. The van der Waals surface area contributed by atoms with Crippen molar-refractivity contribution in [3.8, 4) is 0 Å². The molecule has 1 aliphatic carbocycles. The Kier molecular flexibility index (Phi) is 14.4. The lowest BCUT2D eigenvalue weighted by Crippen LogP contribution is -2.68. The van der Waals surface area contributed by atoms with Crippen molar-refractivity contribution in [3.05, 3.63) is 0 Å². The summed E-state index contributed by atoms with van der Waals surface area (Å²) in [6.07, 6.45) is -23.3. The summed E-state index contributed by atoms with van der Waals surface area (Å²) in [6, 6.07) is -4.55. The average molecular weight is 717 g/mol. The molecule has 4 fully saturated rings. The number of carbonyl (C=O) groups is 1. The summed E-state index contributed by atoms with van der Waals surface area (Å²) in [4.78, 5) is 12.1. The third kappa shape index (κ3) is 9.01. The Morgan fingerprint density at radius 3 is 1.76 bits per heavy atom. The van der Waals surface area contributed by atoms with Gasteiger partial charge in [0.15, 0.2) is 18.9 Å². The van der Waals surface area contributed by atoms with Crippen molar-refractivity contribution >= 4 is 5.91 Å². The normalized spacial score (nSPS) is 48.3. The van der Waals surface area contributed by atoms with Crippen LogP contribution in [0.15, 0.2) is 0 Å². The predicted molar refractivity (Wildman–Crippen MR) is 160 cm³/mol. The van der Waals surface area contributed by atoms with Crippen LogP contribution in [-0.4, -0.2) is 201 Å². The van der Waals surface area contributed by atoms with Gasteiger partial charge in [-0.1, -0.05) is 0 Å². The van der Waals surface area contributed by atoms with Crippen LogP contribution in [0.4, 0.5) is 0 Å². The molecule has 20 atom stereocenters. The van der Waals surface area contributed by atoms with Gasteiger partial charge in [-0.2, -0.15) is 0 Å². The van der Waals surface area contributed by atoms with Gasteiger partial charge in [-0.15, -0.1) is 0 Å². The van der Waals surface area contributed by atoms with Crippen LogP contribution in [-0.2, 0) is 33.2 Å². The molecule has 286 valence electrons. The van der Waals surface area contributed by atoms with Crippen LogP contribution in [0, 0.1) is 0 Å². The van der Waals surface area contributed by atoms with Gasteiger partial charge in [0, 0.05) is 25.2 Å². The summed E-state index contributed by atoms with van der Waals surface area (Å²) < 4.78 is 34.7. The zero-order valence-electron chi connectivity index (χ0n) is 26.6. The molecule has 3 heterocycles. The van der Waals surface area contributed by atoms with Crippen molar-refractivity contribution < 1.29 is 79.2 Å². The fourth-order valence-electron chi connectivity index (χ4n) is 6.26. The number of ether oxygens (including phenoxy) is 6. The summed E-state index contributed by atoms with van der Waals surface area (Å²) in [5.74, 6) is -0.610. The Bertz CT molecular complexity index is 1060. The Balaban J connectivity index is 1.46. The molecule has 0 bridgehead atoms. The molecule has 0 aromatic heterocycles. The maximum Gasteiger partial charge on any atom is 0.222 e. The first-order chi connectivity index (χ1) is 23.1. The number of hydrogen-bond donors (Lipinski definition) is 15. The molecule has 4 rings (SSSR count). The molecule has 20 unspecified atom stereocenters. The first-order valence-corrected chi connectivity index (χ1v) is 16.0. The minimum absolute atomic E-state index is 0.0294. The Morgan fingerprint density at radius 1 is 0.673 bits per heavy atom. The van der Waals surface area contributed by atoms with E-state index in [4.69, 9.17) is 57.1 Å². The number of nitrogens with one attached hydrogen (secondary N) is 1. The van der Waals surface area contributed by atoms with Gasteiger partial charge in [0.05, 0.1) is 43.9 Å². The van der Waals surface area contributed by atoms with E-state index in [2.05, 4.69) is 5.32 Å². The van der Waals surface area contributed by atoms with E-state index in [1.807, 2.05) is 0 Å². The predicted octanol–water partition coefficient (Wildman–Crippen LogP) is -9.99. The quantitative estimate of drug-likeness (QED) is 0.0841. The largest absolute Gasteiger partial charge is 0.394 e. The maximum atomic E-state index is 12.1. The van der Waals surface area contributed by atoms with Crippen molar-refractivity contribution in [2.24, 2.45) is 28.7 Å². The Labute approximate surface area is 280 Å². The van der Waals surface area contributed by atoms with E-state index in [1.165, 1.54) is 0 Å². The van der Waals surface area contributed by atoms with Crippen molar-refractivity contribution in [2.45, 2.75) is 135 Å². The molecule has 1 saturated carbocycles. The van der Waals surface area contributed by atoms with E-state index >= 15 is 0 Å². The van der Waals surface area contributed by atoms with E-state index in [0.717, 1.165) is 0 Å². The minimum Gasteiger partial charge on any atom is -0.394 e. The smallest absolute Gasteiger partial charge is 0.222 e. The van der Waals surface area contributed by atoms with Gasteiger partial charge in [0.1, 0.15) is 67.1 Å². The lowest BCUT2D eigenvalue weighted by atomic mass is 9.84. The molecule has 1 amide bonds. The highest BCUT2D eigenvalue weighted by molar-refractivity contribution is 5.76. The summed E-state index contributed by atoms with van der Waals surface area (Å²) in [6.45, 7) is -1.89. The van der Waals surface area contributed by atoms with Crippen molar-refractivity contribution in [1.29, 1.82) is 0 Å². The first kappa shape index (κ1) is 40.4. The SMILES string of the molecule is NCC(O)CC(=O)NCC1OC(OC2C(CO)OC(OC3C(O)C(N)CC(N)C3OC3OC(CO)C(O)C(O)C3N)C2O)C(N)C(O)C1O. The number of carbonyl (C=O) groups excluding carboxylic acids is 1. The standard InChI is InChI=1S/C27H52N6O16/c28-3-7(36)1-13(37)33-4-10-17(39)19(41)14(31)25(44-10)48-23-12(6-35)46-27(21(23)43)49-24-16(38)8(29)2-9(30)22(24)47-26-15(32)20(42)18(40)11(5-34)45-26/h7-12,14-27,34-36,38-43H,1-6,28-32H2,(H,33,37). The summed E-state index contributed by atoms with van der Waals surface area (Å²) in [5.41, 5.74) is 29.8. The number of amides is 1. The lowest BCUT2D eigenvalue weighted by Gasteiger charge is -2.47. The van der Waals surface area contributed by atoms with E-state index in [0.29, 0.717) is 0 Å². The third-order valence-electron chi connectivity index (χ3n) is 9.28. The Hall–Kier alpha value is -1.33. The molecule has 3 saturated heterocycles. The topological polar surface area (TPSA) is 397 Å². The summed E-state index contributed by atoms with van der Waals surface area (Å²) in [7, 11) is 0. The number of rotatable bonds is 13. The van der Waals surface area contributed by atoms with Crippen molar-refractivity contribution in [2.75, 3.05) is 26.3 Å². The summed E-state index contributed by atoms with van der Waals surface area (Å²) in [5, 5.41) is 95.6. The highest BCUT2D eigenvalue weighted by Crippen LogP contribution is 2.34. The molecular formula is C27H52N6O16. The molecule has 22 heteroatoms. The summed E-state index contributed by atoms with van der Waals surface area (Å²) >= 11 is 0. The van der Waals surface area contributed by atoms with E-state index in [-0.39, 0.29) is 25.9 Å². The molecule has 0 spiro atoms. The molecule has 3 aliphatic heterocycles. The molecule has 49 heavy (non-hydrogen) atoms. The van der Waals surface area contributed by atoms with Gasteiger partial charge in [-0.05, 0) is 6.42 Å². The molecule has 0 aromatic rings. The second-order valence-electron chi connectivity index (χ2n) is 12.9. The maximum absolute atomic E-state index is 12.1. The molecule has 0 radical (unpaired) electrons. The lowest BCUT2D eigenvalue weighted by molar-refractivity contribution is -0.310. The highest BCUT2D eigenvalue weighted by atomic mass is 16.8. The zero-order chi connectivity index (χ0) is 36.3. The van der Waals surface area contributed by atoms with Crippen LogP contribution in [0.5, 0.6) is 0 Å². The van der Waals surface area contributed by atoms with Gasteiger partial charge in [-0.25, -0.2) is 0 Å². The number of aliphatic hydroxyl groups is 9. The third-order valence-corrected chi connectivity index (χ3v) is 9.28. The van der Waals surface area contributed by atoms with E-state index in [1.54, 1.807) is 0 Å². The van der Waals surface area contributed by atoms with E-state index in [9.17, 15) is 50.8 Å². The van der Waals surface area contributed by atoms with Gasteiger partial charge in [0.25, 0.3) is 0 Å². The average Bonchev–Trinajstić information content (AvgIpc) is 3.37. The zero-order valence-corrected chi connectivity index (χ0v) is 26.6. The van der Waals surface area contributed by atoms with Crippen LogP contribution in [0.3, 0.4) is 0 Å². The first-order valence-electron chi connectivity index (χ1n) is 16.0. The van der Waals surface area contributed by atoms with Gasteiger partial charge < -0.3 is 108 Å². The fourth-order valence-corrected chi connectivity index (χ4v) is 6.26. The van der Waals surface area contributed by atoms with Crippen LogP contribution in [0.25, 0.3) is 0 Å². The van der Waals surface area contributed by atoms with Gasteiger partial charge in [0.2, 0.25) is 5.91 Å². The fraction of sp³-hybridized carbons (Fsp3) is 0.963. The second-order valence-corrected chi connectivity index (χ2v) is 12.9. The van der Waals surface area contributed by atoms with Crippen molar-refractivity contribution in [1.82, 2.24) is 5.32 Å². The highest BCUT2D eigenvalue weighted by Gasteiger charge is 2.54. The molecule has 20 N–H and O–H groups in total. The number of hydrogen-bond acceptors (Lipinski definition) is 21. The van der Waals surface area contributed by atoms with Gasteiger partial charge in [-0.3, -0.25) is 4.79 Å². The number of aliphatic hydroxyl groups excluding tert-OH is 9. The van der Waals surface area contributed by atoms with Crippen LogP contribution >= 0.6 is 0 Å². The monoisotopic (exact) mass is 716 g/mol. The molecule has 4 aliphatic rings. The van der Waals surface area contributed by atoms with E-state index < -0.39 is 142 Å². The van der Waals surface area contributed by atoms with Crippen LogP contribution < -0.4 is 34.0 Å². The molecule has 22 nitrogen and oxygen atoms in total. The van der Waals surface area contributed by atoms with Gasteiger partial charge >= 0.3 is 0 Å². The molecular weight excluding hydrogens is 664 g/mol. The van der Waals surface area contributed by atoms with Crippen LogP contribution in [0.2, 0.25) is 0 Å². The van der Waals surface area contributed by atoms with Crippen LogP contribution in [0.1, 0.15) is 12.8 Å². The van der Waals surface area contributed by atoms with Crippen molar-refractivity contribution in [3.63, 3.8) is 0 Å². The second kappa shape index (κ2) is 17.5.